The molecule has 0 unspecified atom stereocenters. The average Bonchev–Trinajstić information content (AvgIpc) is 2.58. The highest BCUT2D eigenvalue weighted by atomic mass is 16.5. The molecule has 4 heteroatoms. The van der Waals surface area contributed by atoms with Gasteiger partial charge in [-0.15, -0.1) is 0 Å². The molecule has 0 fully saturated rings. The Kier molecular flexibility index (Phi) is 6.42. The summed E-state index contributed by atoms with van der Waals surface area (Å²) in [7, 11) is 1.67. The minimum atomic E-state index is 0.710. The first-order valence-electron chi connectivity index (χ1n) is 7.67. The van der Waals surface area contributed by atoms with Crippen LogP contribution >= 0.6 is 0 Å². The fourth-order valence-corrected chi connectivity index (χ4v) is 2.01. The molecule has 0 aliphatic carbocycles. The molecule has 0 aliphatic rings. The standard InChI is InChI=1S/C18H23N3O/c1-3-4-5-6-7-16-13-19-14-18(21-16)20-12-15-8-10-17(22-2)11-9-15/h6-11,13-14H,3-5,12H2,1-2H3,(H,20,21)/b7-6+. The fourth-order valence-electron chi connectivity index (χ4n) is 2.01. The topological polar surface area (TPSA) is 47.0 Å². The zero-order chi connectivity index (χ0) is 15.6. The minimum Gasteiger partial charge on any atom is -0.497 e. The fraction of sp³-hybridized carbons (Fsp3) is 0.333. The number of benzene rings is 1. The van der Waals surface area contributed by atoms with E-state index in [1.807, 2.05) is 30.3 Å². The van der Waals surface area contributed by atoms with E-state index in [1.54, 1.807) is 19.5 Å². The van der Waals surface area contributed by atoms with Gasteiger partial charge in [0, 0.05) is 6.54 Å². The summed E-state index contributed by atoms with van der Waals surface area (Å²) in [5, 5.41) is 3.29. The van der Waals surface area contributed by atoms with Crippen molar-refractivity contribution >= 4 is 11.9 Å². The lowest BCUT2D eigenvalue weighted by Gasteiger charge is -2.07. The van der Waals surface area contributed by atoms with Gasteiger partial charge < -0.3 is 10.1 Å². The monoisotopic (exact) mass is 297 g/mol. The normalized spacial score (nSPS) is 10.8. The SMILES string of the molecule is CCCC/C=C/c1cncc(NCc2ccc(OC)cc2)n1. The Hall–Kier alpha value is -2.36. The lowest BCUT2D eigenvalue weighted by atomic mass is 10.2. The third-order valence-corrected chi connectivity index (χ3v) is 3.30. The van der Waals surface area contributed by atoms with Crippen molar-refractivity contribution in [1.29, 1.82) is 0 Å². The van der Waals surface area contributed by atoms with Crippen LogP contribution in [0.25, 0.3) is 6.08 Å². The lowest BCUT2D eigenvalue weighted by molar-refractivity contribution is 0.414. The van der Waals surface area contributed by atoms with E-state index < -0.39 is 0 Å². The van der Waals surface area contributed by atoms with Crippen LogP contribution in [0.3, 0.4) is 0 Å². The number of aromatic nitrogens is 2. The molecule has 0 amide bonds. The molecular weight excluding hydrogens is 274 g/mol. The number of nitrogens with one attached hydrogen (secondary N) is 1. The van der Waals surface area contributed by atoms with Crippen molar-refractivity contribution in [2.45, 2.75) is 32.7 Å². The van der Waals surface area contributed by atoms with Crippen LogP contribution in [0.15, 0.2) is 42.7 Å². The zero-order valence-corrected chi connectivity index (χ0v) is 13.2. The van der Waals surface area contributed by atoms with Crippen LogP contribution in [-0.2, 0) is 6.54 Å². The first kappa shape index (κ1) is 16.0. The van der Waals surface area contributed by atoms with Gasteiger partial charge in [0.2, 0.25) is 0 Å². The lowest BCUT2D eigenvalue weighted by Crippen LogP contribution is -2.02. The van der Waals surface area contributed by atoms with Gasteiger partial charge in [0.15, 0.2) is 0 Å². The Balaban J connectivity index is 1.90. The van der Waals surface area contributed by atoms with Gasteiger partial charge in [-0.05, 0) is 30.2 Å². The molecule has 0 saturated heterocycles. The number of methoxy groups -OCH3 is 1. The molecule has 4 nitrogen and oxygen atoms in total. The van der Waals surface area contributed by atoms with Crippen LogP contribution in [0.2, 0.25) is 0 Å². The van der Waals surface area contributed by atoms with Gasteiger partial charge in [0.1, 0.15) is 11.6 Å². The highest BCUT2D eigenvalue weighted by Gasteiger charge is 1.98. The number of allylic oxidation sites excluding steroid dienone is 1. The number of nitrogens with zero attached hydrogens (tertiary/aromatic N) is 2. The molecule has 0 radical (unpaired) electrons. The predicted molar refractivity (Wildman–Crippen MR) is 90.9 cm³/mol. The van der Waals surface area contributed by atoms with E-state index in [-0.39, 0.29) is 0 Å². The van der Waals surface area contributed by atoms with Gasteiger partial charge in [0.25, 0.3) is 0 Å². The number of unbranched alkanes of at least 4 members (excludes halogenated alkanes) is 2. The highest BCUT2D eigenvalue weighted by Crippen LogP contribution is 2.13. The molecular formula is C18H23N3O. The van der Waals surface area contributed by atoms with Crippen LogP contribution in [0, 0.1) is 0 Å². The summed E-state index contributed by atoms with van der Waals surface area (Å²) >= 11 is 0. The van der Waals surface area contributed by atoms with E-state index >= 15 is 0 Å². The smallest absolute Gasteiger partial charge is 0.145 e. The maximum atomic E-state index is 5.15. The molecule has 1 aromatic carbocycles. The van der Waals surface area contributed by atoms with Gasteiger partial charge in [-0.3, -0.25) is 4.98 Å². The Labute approximate surface area is 132 Å². The maximum Gasteiger partial charge on any atom is 0.145 e. The molecule has 116 valence electrons. The van der Waals surface area contributed by atoms with Crippen LogP contribution < -0.4 is 10.1 Å². The van der Waals surface area contributed by atoms with Crippen LogP contribution in [0.5, 0.6) is 5.75 Å². The largest absolute Gasteiger partial charge is 0.497 e. The molecule has 0 saturated carbocycles. The first-order chi connectivity index (χ1) is 10.8. The molecule has 1 heterocycles. The quantitative estimate of drug-likeness (QED) is 0.738. The Morgan fingerprint density at radius 3 is 2.73 bits per heavy atom. The first-order valence-corrected chi connectivity index (χ1v) is 7.67. The maximum absolute atomic E-state index is 5.15. The zero-order valence-electron chi connectivity index (χ0n) is 13.2. The molecule has 0 atom stereocenters. The van der Waals surface area contributed by atoms with E-state index in [4.69, 9.17) is 4.74 Å². The third kappa shape index (κ3) is 5.20. The molecule has 2 rings (SSSR count). The van der Waals surface area contributed by atoms with Gasteiger partial charge >= 0.3 is 0 Å². The summed E-state index contributed by atoms with van der Waals surface area (Å²) in [5.41, 5.74) is 2.06. The van der Waals surface area contributed by atoms with E-state index in [0.717, 1.165) is 23.7 Å². The molecule has 22 heavy (non-hydrogen) atoms. The summed E-state index contributed by atoms with van der Waals surface area (Å²) in [6.45, 7) is 2.90. The van der Waals surface area contributed by atoms with E-state index in [2.05, 4.69) is 28.3 Å². The summed E-state index contributed by atoms with van der Waals surface area (Å²) < 4.78 is 5.15. The van der Waals surface area contributed by atoms with E-state index in [1.165, 1.54) is 18.4 Å². The van der Waals surface area contributed by atoms with Crippen LogP contribution in [0.4, 0.5) is 5.82 Å². The van der Waals surface area contributed by atoms with Gasteiger partial charge in [-0.2, -0.15) is 0 Å². The number of hydrogen-bond donors (Lipinski definition) is 1. The molecule has 1 aromatic heterocycles. The van der Waals surface area contributed by atoms with Gasteiger partial charge in [-0.25, -0.2) is 4.98 Å². The summed E-state index contributed by atoms with van der Waals surface area (Å²) in [4.78, 5) is 8.76. The van der Waals surface area contributed by atoms with Gasteiger partial charge in [0.05, 0.1) is 25.2 Å². The minimum absolute atomic E-state index is 0.710. The second-order valence-corrected chi connectivity index (χ2v) is 5.08. The molecule has 0 aliphatic heterocycles. The molecule has 0 bridgehead atoms. The van der Waals surface area contributed by atoms with Crippen molar-refractivity contribution in [1.82, 2.24) is 9.97 Å². The van der Waals surface area contributed by atoms with Crippen molar-refractivity contribution in [3.05, 3.63) is 54.0 Å². The summed E-state index contributed by atoms with van der Waals surface area (Å²) in [6.07, 6.45) is 11.2. The molecule has 0 spiro atoms. The van der Waals surface area contributed by atoms with Gasteiger partial charge in [-0.1, -0.05) is 38.0 Å². The molecule has 2 aromatic rings. The number of ether oxygens (including phenoxy) is 1. The number of hydrogen-bond acceptors (Lipinski definition) is 4. The second kappa shape index (κ2) is 8.82. The Morgan fingerprint density at radius 2 is 2.00 bits per heavy atom. The van der Waals surface area contributed by atoms with Crippen molar-refractivity contribution in [2.24, 2.45) is 0 Å². The highest BCUT2D eigenvalue weighted by molar-refractivity contribution is 5.46. The molecule has 1 N–H and O–H groups in total. The van der Waals surface area contributed by atoms with Crippen LogP contribution in [-0.4, -0.2) is 17.1 Å². The van der Waals surface area contributed by atoms with E-state index in [9.17, 15) is 0 Å². The average molecular weight is 297 g/mol. The van der Waals surface area contributed by atoms with E-state index in [0.29, 0.717) is 6.54 Å². The summed E-state index contributed by atoms with van der Waals surface area (Å²) in [6, 6.07) is 7.98. The van der Waals surface area contributed by atoms with Crippen molar-refractivity contribution in [3.63, 3.8) is 0 Å². The van der Waals surface area contributed by atoms with Crippen molar-refractivity contribution in [3.8, 4) is 5.75 Å². The number of anilines is 1. The third-order valence-electron chi connectivity index (χ3n) is 3.30. The van der Waals surface area contributed by atoms with Crippen molar-refractivity contribution < 1.29 is 4.74 Å². The van der Waals surface area contributed by atoms with Crippen molar-refractivity contribution in [2.75, 3.05) is 12.4 Å². The summed E-state index contributed by atoms with van der Waals surface area (Å²) in [5.74, 6) is 1.65. The second-order valence-electron chi connectivity index (χ2n) is 5.08. The Bertz CT molecular complexity index is 594. The Morgan fingerprint density at radius 1 is 1.18 bits per heavy atom. The number of rotatable bonds is 8. The predicted octanol–water partition coefficient (Wildman–Crippen LogP) is 4.30. The van der Waals surface area contributed by atoms with Crippen LogP contribution in [0.1, 0.15) is 37.4 Å².